The molecule has 3 rings (SSSR count). The first kappa shape index (κ1) is 17.6. The standard InChI is InChI=1S/C16H19N3O5S/c1-18(8-14(20)21)6-12-7-19(3-5-24-12)16(22)13-10-25-15(17-13)11-2-4-23-9-11/h2,4,9-10,12H,3,5-8H2,1H3,(H,20,21). The Labute approximate surface area is 148 Å². The quantitative estimate of drug-likeness (QED) is 0.823. The number of morpholine rings is 1. The van der Waals surface area contributed by atoms with E-state index in [4.69, 9.17) is 14.3 Å². The smallest absolute Gasteiger partial charge is 0.317 e. The molecule has 134 valence electrons. The Hall–Kier alpha value is -2.23. The molecule has 1 unspecified atom stereocenters. The second-order valence-electron chi connectivity index (χ2n) is 5.88. The molecule has 8 nitrogen and oxygen atoms in total. The SMILES string of the molecule is CN(CC(=O)O)CC1CN(C(=O)c2csc(-c3ccoc3)n2)CCO1. The number of likely N-dealkylation sites (N-methyl/N-ethyl adjacent to an activating group) is 1. The van der Waals surface area contributed by atoms with E-state index in [2.05, 4.69) is 4.98 Å². The Morgan fingerprint density at radius 1 is 1.52 bits per heavy atom. The summed E-state index contributed by atoms with van der Waals surface area (Å²) < 4.78 is 10.7. The first-order chi connectivity index (χ1) is 12.0. The normalized spacial score (nSPS) is 17.8. The predicted octanol–water partition coefficient (Wildman–Crippen LogP) is 1.26. The molecule has 0 spiro atoms. The highest BCUT2D eigenvalue weighted by atomic mass is 32.1. The average Bonchev–Trinajstić information content (AvgIpc) is 3.24. The van der Waals surface area contributed by atoms with E-state index in [1.807, 2.05) is 0 Å². The van der Waals surface area contributed by atoms with Crippen molar-refractivity contribution in [3.8, 4) is 10.6 Å². The van der Waals surface area contributed by atoms with Crippen LogP contribution in [0.3, 0.4) is 0 Å². The second-order valence-corrected chi connectivity index (χ2v) is 6.74. The number of rotatable bonds is 6. The Morgan fingerprint density at radius 2 is 2.36 bits per heavy atom. The number of furan rings is 1. The molecule has 9 heteroatoms. The molecule has 0 aliphatic carbocycles. The molecule has 1 amide bonds. The largest absolute Gasteiger partial charge is 0.480 e. The van der Waals surface area contributed by atoms with Gasteiger partial charge in [0, 0.05) is 30.6 Å². The summed E-state index contributed by atoms with van der Waals surface area (Å²) in [6.45, 7) is 1.73. The molecular formula is C16H19N3O5S. The van der Waals surface area contributed by atoms with Gasteiger partial charge in [0.1, 0.15) is 17.0 Å². The third-order valence-electron chi connectivity index (χ3n) is 3.84. The van der Waals surface area contributed by atoms with Crippen molar-refractivity contribution in [2.24, 2.45) is 0 Å². The highest BCUT2D eigenvalue weighted by molar-refractivity contribution is 7.13. The number of amides is 1. The van der Waals surface area contributed by atoms with Crippen LogP contribution in [-0.4, -0.2) is 77.7 Å². The van der Waals surface area contributed by atoms with Gasteiger partial charge in [0.2, 0.25) is 0 Å². The molecule has 1 N–H and O–H groups in total. The van der Waals surface area contributed by atoms with Crippen molar-refractivity contribution < 1.29 is 23.8 Å². The number of carbonyl (C=O) groups is 2. The number of hydrogen-bond donors (Lipinski definition) is 1. The van der Waals surface area contributed by atoms with E-state index in [9.17, 15) is 9.59 Å². The van der Waals surface area contributed by atoms with Crippen LogP contribution in [0.5, 0.6) is 0 Å². The zero-order valence-corrected chi connectivity index (χ0v) is 14.6. The molecule has 1 saturated heterocycles. The topological polar surface area (TPSA) is 96.1 Å². The third kappa shape index (κ3) is 4.44. The minimum absolute atomic E-state index is 0.0616. The maximum Gasteiger partial charge on any atom is 0.317 e. The molecular weight excluding hydrogens is 346 g/mol. The first-order valence-corrected chi connectivity index (χ1v) is 8.70. The minimum atomic E-state index is -0.888. The number of aliphatic carboxylic acids is 1. The molecule has 0 aromatic carbocycles. The van der Waals surface area contributed by atoms with Gasteiger partial charge in [-0.3, -0.25) is 14.5 Å². The highest BCUT2D eigenvalue weighted by Gasteiger charge is 2.27. The molecule has 0 bridgehead atoms. The number of ether oxygens (including phenoxy) is 1. The van der Waals surface area contributed by atoms with Crippen LogP contribution in [0, 0.1) is 0 Å². The predicted molar refractivity (Wildman–Crippen MR) is 90.6 cm³/mol. The maximum atomic E-state index is 12.7. The van der Waals surface area contributed by atoms with Crippen LogP contribution in [-0.2, 0) is 9.53 Å². The van der Waals surface area contributed by atoms with E-state index in [1.54, 1.807) is 40.8 Å². The molecule has 3 heterocycles. The minimum Gasteiger partial charge on any atom is -0.480 e. The van der Waals surface area contributed by atoms with E-state index in [0.717, 1.165) is 10.6 Å². The molecule has 0 saturated carbocycles. The average molecular weight is 365 g/mol. The number of carboxylic acid groups (broad SMARTS) is 1. The Balaban J connectivity index is 1.61. The van der Waals surface area contributed by atoms with Crippen molar-refractivity contribution >= 4 is 23.2 Å². The fraction of sp³-hybridized carbons (Fsp3) is 0.438. The van der Waals surface area contributed by atoms with E-state index >= 15 is 0 Å². The fourth-order valence-electron chi connectivity index (χ4n) is 2.71. The van der Waals surface area contributed by atoms with Gasteiger partial charge in [-0.2, -0.15) is 0 Å². The van der Waals surface area contributed by atoms with Crippen LogP contribution in [0.25, 0.3) is 10.6 Å². The van der Waals surface area contributed by atoms with Gasteiger partial charge in [0.15, 0.2) is 0 Å². The van der Waals surface area contributed by atoms with E-state index < -0.39 is 5.97 Å². The molecule has 25 heavy (non-hydrogen) atoms. The van der Waals surface area contributed by atoms with Gasteiger partial charge in [-0.25, -0.2) is 4.98 Å². The lowest BCUT2D eigenvalue weighted by Crippen LogP contribution is -2.49. The lowest BCUT2D eigenvalue weighted by Gasteiger charge is -2.34. The van der Waals surface area contributed by atoms with Crippen LogP contribution in [0.1, 0.15) is 10.5 Å². The molecule has 1 fully saturated rings. The van der Waals surface area contributed by atoms with Crippen molar-refractivity contribution in [2.45, 2.75) is 6.10 Å². The number of carbonyl (C=O) groups excluding carboxylic acids is 1. The van der Waals surface area contributed by atoms with Crippen LogP contribution in [0.2, 0.25) is 0 Å². The van der Waals surface area contributed by atoms with E-state index in [-0.39, 0.29) is 18.6 Å². The summed E-state index contributed by atoms with van der Waals surface area (Å²) in [5.74, 6) is -1.03. The van der Waals surface area contributed by atoms with E-state index in [1.165, 1.54) is 11.3 Å². The Kier molecular flexibility index (Phi) is 5.47. The lowest BCUT2D eigenvalue weighted by molar-refractivity contribution is -0.138. The monoisotopic (exact) mass is 365 g/mol. The molecule has 0 radical (unpaired) electrons. The van der Waals surface area contributed by atoms with Gasteiger partial charge in [-0.1, -0.05) is 0 Å². The van der Waals surface area contributed by atoms with Crippen LogP contribution in [0.4, 0.5) is 0 Å². The Bertz CT molecular complexity index is 730. The Morgan fingerprint density at radius 3 is 3.08 bits per heavy atom. The van der Waals surface area contributed by atoms with Gasteiger partial charge >= 0.3 is 5.97 Å². The van der Waals surface area contributed by atoms with Gasteiger partial charge < -0.3 is 19.2 Å². The molecule has 1 aliphatic rings. The number of hydrogen-bond acceptors (Lipinski definition) is 7. The number of carboxylic acids is 1. The second kappa shape index (κ2) is 7.77. The van der Waals surface area contributed by atoms with Crippen molar-refractivity contribution in [1.82, 2.24) is 14.8 Å². The van der Waals surface area contributed by atoms with Crippen LogP contribution in [0.15, 0.2) is 28.4 Å². The third-order valence-corrected chi connectivity index (χ3v) is 4.73. The van der Waals surface area contributed by atoms with E-state index in [0.29, 0.717) is 31.9 Å². The summed E-state index contributed by atoms with van der Waals surface area (Å²) in [7, 11) is 1.72. The molecule has 1 atom stereocenters. The summed E-state index contributed by atoms with van der Waals surface area (Å²) in [6.07, 6.45) is 2.95. The van der Waals surface area contributed by atoms with Gasteiger partial charge in [-0.15, -0.1) is 11.3 Å². The van der Waals surface area contributed by atoms with Crippen LogP contribution >= 0.6 is 11.3 Å². The van der Waals surface area contributed by atoms with Gasteiger partial charge in [0.25, 0.3) is 5.91 Å². The zero-order chi connectivity index (χ0) is 17.8. The zero-order valence-electron chi connectivity index (χ0n) is 13.8. The summed E-state index contributed by atoms with van der Waals surface area (Å²) in [5, 5.41) is 11.3. The van der Waals surface area contributed by atoms with Gasteiger partial charge in [-0.05, 0) is 13.1 Å². The lowest BCUT2D eigenvalue weighted by atomic mass is 10.2. The van der Waals surface area contributed by atoms with Crippen molar-refractivity contribution in [3.63, 3.8) is 0 Å². The van der Waals surface area contributed by atoms with Crippen LogP contribution < -0.4 is 0 Å². The fourth-order valence-corrected chi connectivity index (χ4v) is 3.49. The van der Waals surface area contributed by atoms with Crippen molar-refractivity contribution in [3.05, 3.63) is 29.7 Å². The first-order valence-electron chi connectivity index (χ1n) is 7.82. The molecule has 1 aliphatic heterocycles. The number of thiazole rings is 1. The molecule has 2 aromatic heterocycles. The van der Waals surface area contributed by atoms with Gasteiger partial charge in [0.05, 0.1) is 25.5 Å². The molecule has 2 aromatic rings. The summed E-state index contributed by atoms with van der Waals surface area (Å²) in [5.41, 5.74) is 1.25. The summed E-state index contributed by atoms with van der Waals surface area (Å²) in [6, 6.07) is 1.80. The highest BCUT2D eigenvalue weighted by Crippen LogP contribution is 2.24. The maximum absolute atomic E-state index is 12.7. The summed E-state index contributed by atoms with van der Waals surface area (Å²) >= 11 is 1.39. The number of nitrogens with zero attached hydrogens (tertiary/aromatic N) is 3. The van der Waals surface area contributed by atoms with Crippen molar-refractivity contribution in [2.75, 3.05) is 39.8 Å². The summed E-state index contributed by atoms with van der Waals surface area (Å²) in [4.78, 5) is 31.2. The van der Waals surface area contributed by atoms with Crippen molar-refractivity contribution in [1.29, 1.82) is 0 Å². The number of aromatic nitrogens is 1.